The lowest BCUT2D eigenvalue weighted by Crippen LogP contribution is -2.42. The van der Waals surface area contributed by atoms with Crippen molar-refractivity contribution in [3.05, 3.63) is 71.3 Å². The van der Waals surface area contributed by atoms with E-state index in [4.69, 9.17) is 9.47 Å². The van der Waals surface area contributed by atoms with Gasteiger partial charge in [0, 0.05) is 12.1 Å². The smallest absolute Gasteiger partial charge is 0.312 e. The molecule has 2 amide bonds. The molecular formula is C36H47N3O5. The number of rotatable bonds is 12. The van der Waals surface area contributed by atoms with Crippen molar-refractivity contribution in [1.82, 2.24) is 10.3 Å². The fourth-order valence-corrected chi connectivity index (χ4v) is 6.63. The van der Waals surface area contributed by atoms with Gasteiger partial charge in [0.15, 0.2) is 6.61 Å². The lowest BCUT2D eigenvalue weighted by molar-refractivity contribution is -0.174. The molecule has 1 aliphatic heterocycles. The molecule has 3 aliphatic rings. The van der Waals surface area contributed by atoms with Crippen molar-refractivity contribution in [3.63, 3.8) is 0 Å². The number of nitrogens with one attached hydrogen (secondary N) is 1. The molecule has 2 aromatic rings. The molecule has 1 atom stereocenters. The molecule has 8 nitrogen and oxygen atoms in total. The average Bonchev–Trinajstić information content (AvgIpc) is 3.50. The Balaban J connectivity index is 1.17. The Labute approximate surface area is 261 Å². The highest BCUT2D eigenvalue weighted by Crippen LogP contribution is 2.47. The van der Waals surface area contributed by atoms with Crippen molar-refractivity contribution < 1.29 is 23.9 Å². The van der Waals surface area contributed by atoms with E-state index >= 15 is 0 Å². The summed E-state index contributed by atoms with van der Waals surface area (Å²) in [5.41, 5.74) is 1.97. The van der Waals surface area contributed by atoms with Crippen molar-refractivity contribution in [2.24, 2.45) is 16.4 Å². The standard InChI is InChI=1S/C36H47N3O5/c1-35(2,3)44-34(42)36(21-11-22-36)20-9-10-23-37-32(41)31(27-12-7-8-13-27)28-18-16-26(17-19-28)24-39-30(40)25-43-33(38-39)29-14-5-4-6-15-29/h4-6,14-19,27,31H,7-13,20-25H2,1-3H3,(H,37,41). The van der Waals surface area contributed by atoms with Crippen LogP contribution in [0.4, 0.5) is 0 Å². The van der Waals surface area contributed by atoms with Gasteiger partial charge in [0.25, 0.3) is 5.91 Å². The molecule has 0 aromatic heterocycles. The number of benzene rings is 2. The Morgan fingerprint density at radius 2 is 1.73 bits per heavy atom. The molecule has 5 rings (SSSR count). The fraction of sp³-hybridized carbons (Fsp3) is 0.556. The zero-order chi connectivity index (χ0) is 31.2. The predicted molar refractivity (Wildman–Crippen MR) is 170 cm³/mol. The molecule has 236 valence electrons. The molecule has 1 N–H and O–H groups in total. The highest BCUT2D eigenvalue weighted by atomic mass is 16.6. The first-order chi connectivity index (χ1) is 21.1. The van der Waals surface area contributed by atoms with Gasteiger partial charge in [-0.05, 0) is 88.5 Å². The molecule has 2 fully saturated rings. The topological polar surface area (TPSA) is 97.3 Å². The molecule has 1 unspecified atom stereocenters. The zero-order valence-corrected chi connectivity index (χ0v) is 26.5. The monoisotopic (exact) mass is 601 g/mol. The van der Waals surface area contributed by atoms with Crippen LogP contribution in [0.15, 0.2) is 59.7 Å². The number of hydrazone groups is 1. The maximum atomic E-state index is 13.6. The van der Waals surface area contributed by atoms with Gasteiger partial charge in [0.05, 0.1) is 17.9 Å². The van der Waals surface area contributed by atoms with E-state index in [0.29, 0.717) is 24.9 Å². The fourth-order valence-electron chi connectivity index (χ4n) is 6.63. The maximum Gasteiger partial charge on any atom is 0.312 e. The van der Waals surface area contributed by atoms with Gasteiger partial charge in [-0.3, -0.25) is 14.4 Å². The molecule has 1 heterocycles. The minimum atomic E-state index is -0.471. The molecular weight excluding hydrogens is 554 g/mol. The Bertz CT molecular complexity index is 1320. The Morgan fingerprint density at radius 1 is 1.02 bits per heavy atom. The van der Waals surface area contributed by atoms with Crippen LogP contribution in [0.25, 0.3) is 0 Å². The van der Waals surface area contributed by atoms with E-state index in [1.807, 2.05) is 75.4 Å². The number of hydrogen-bond donors (Lipinski definition) is 1. The molecule has 2 saturated carbocycles. The third-order valence-electron chi connectivity index (χ3n) is 9.20. The summed E-state index contributed by atoms with van der Waals surface area (Å²) < 4.78 is 11.3. The van der Waals surface area contributed by atoms with Gasteiger partial charge >= 0.3 is 5.97 Å². The van der Waals surface area contributed by atoms with Gasteiger partial charge in [-0.1, -0.05) is 68.1 Å². The van der Waals surface area contributed by atoms with Crippen LogP contribution in [0.5, 0.6) is 0 Å². The first-order valence-corrected chi connectivity index (χ1v) is 16.3. The first-order valence-electron chi connectivity index (χ1n) is 16.3. The minimum Gasteiger partial charge on any atom is -0.466 e. The summed E-state index contributed by atoms with van der Waals surface area (Å²) in [4.78, 5) is 38.9. The number of unbranched alkanes of at least 4 members (excludes halogenated alkanes) is 1. The number of amides is 2. The van der Waals surface area contributed by atoms with Crippen molar-refractivity contribution >= 4 is 23.7 Å². The van der Waals surface area contributed by atoms with E-state index in [-0.39, 0.29) is 35.7 Å². The van der Waals surface area contributed by atoms with E-state index in [9.17, 15) is 14.4 Å². The van der Waals surface area contributed by atoms with Crippen LogP contribution in [0.2, 0.25) is 0 Å². The van der Waals surface area contributed by atoms with Gasteiger partial charge in [0.2, 0.25) is 11.8 Å². The van der Waals surface area contributed by atoms with Crippen molar-refractivity contribution in [2.75, 3.05) is 13.2 Å². The lowest BCUT2D eigenvalue weighted by atomic mass is 9.66. The van der Waals surface area contributed by atoms with Crippen molar-refractivity contribution in [3.8, 4) is 0 Å². The van der Waals surface area contributed by atoms with Crippen molar-refractivity contribution in [1.29, 1.82) is 0 Å². The highest BCUT2D eigenvalue weighted by Gasteiger charge is 2.46. The lowest BCUT2D eigenvalue weighted by Gasteiger charge is -2.41. The normalized spacial score (nSPS) is 19.0. The number of hydrogen-bond acceptors (Lipinski definition) is 6. The van der Waals surface area contributed by atoms with Crippen LogP contribution in [-0.2, 0) is 30.4 Å². The average molecular weight is 602 g/mol. The van der Waals surface area contributed by atoms with E-state index in [0.717, 1.165) is 80.9 Å². The predicted octanol–water partition coefficient (Wildman–Crippen LogP) is 6.48. The summed E-state index contributed by atoms with van der Waals surface area (Å²) in [6.45, 7) is 6.65. The molecule has 0 saturated heterocycles. The van der Waals surface area contributed by atoms with Gasteiger partial charge in [0.1, 0.15) is 5.60 Å². The van der Waals surface area contributed by atoms with Gasteiger partial charge in [-0.25, -0.2) is 5.01 Å². The van der Waals surface area contributed by atoms with Crippen LogP contribution in [0.1, 0.15) is 108 Å². The summed E-state index contributed by atoms with van der Waals surface area (Å²) in [5, 5.41) is 9.14. The van der Waals surface area contributed by atoms with E-state index in [1.165, 1.54) is 5.01 Å². The van der Waals surface area contributed by atoms with Crippen LogP contribution in [-0.4, -0.2) is 47.4 Å². The largest absolute Gasteiger partial charge is 0.466 e. The number of nitrogens with zero attached hydrogens (tertiary/aromatic N) is 2. The summed E-state index contributed by atoms with van der Waals surface area (Å²) in [5.74, 6) is 0.393. The Kier molecular flexibility index (Phi) is 10.1. The van der Waals surface area contributed by atoms with E-state index < -0.39 is 5.60 Å². The quantitative estimate of drug-likeness (QED) is 0.222. The third-order valence-corrected chi connectivity index (χ3v) is 9.20. The molecule has 0 spiro atoms. The van der Waals surface area contributed by atoms with Crippen LogP contribution in [0.3, 0.4) is 0 Å². The second kappa shape index (κ2) is 14.0. The summed E-state index contributed by atoms with van der Waals surface area (Å²) in [7, 11) is 0. The molecule has 44 heavy (non-hydrogen) atoms. The number of ether oxygens (including phenoxy) is 2. The Morgan fingerprint density at radius 3 is 2.36 bits per heavy atom. The highest BCUT2D eigenvalue weighted by molar-refractivity contribution is 5.97. The summed E-state index contributed by atoms with van der Waals surface area (Å²) in [6, 6.07) is 17.6. The Hall–Kier alpha value is -3.68. The van der Waals surface area contributed by atoms with Gasteiger partial charge < -0.3 is 14.8 Å². The molecule has 8 heteroatoms. The second-order valence-corrected chi connectivity index (χ2v) is 13.7. The molecule has 2 aliphatic carbocycles. The van der Waals surface area contributed by atoms with Crippen LogP contribution >= 0.6 is 0 Å². The van der Waals surface area contributed by atoms with Gasteiger partial charge in [-0.15, -0.1) is 5.10 Å². The zero-order valence-electron chi connectivity index (χ0n) is 26.5. The SMILES string of the molecule is CC(C)(C)OC(=O)C1(CCCCNC(=O)C(c2ccc(CN3N=C(c4ccccc4)OCC3=O)cc2)C2CCCC2)CCC1. The summed E-state index contributed by atoms with van der Waals surface area (Å²) in [6.07, 6.45) is 9.82. The minimum absolute atomic E-state index is 0.0439. The number of esters is 1. The second-order valence-electron chi connectivity index (χ2n) is 13.7. The molecule has 0 bridgehead atoms. The van der Waals surface area contributed by atoms with Gasteiger partial charge in [-0.2, -0.15) is 0 Å². The van der Waals surface area contributed by atoms with Crippen molar-refractivity contribution in [2.45, 2.75) is 103 Å². The molecule has 0 radical (unpaired) electrons. The first kappa shape index (κ1) is 31.7. The molecule has 2 aromatic carbocycles. The third kappa shape index (κ3) is 7.88. The summed E-state index contributed by atoms with van der Waals surface area (Å²) >= 11 is 0. The van der Waals surface area contributed by atoms with Crippen LogP contribution in [0, 0.1) is 11.3 Å². The number of carbonyl (C=O) groups is 3. The maximum absolute atomic E-state index is 13.6. The van der Waals surface area contributed by atoms with Crippen LogP contribution < -0.4 is 5.32 Å². The van der Waals surface area contributed by atoms with E-state index in [2.05, 4.69) is 10.4 Å². The number of carbonyl (C=O) groups excluding carboxylic acids is 3. The van der Waals surface area contributed by atoms with E-state index in [1.54, 1.807) is 0 Å².